The Morgan fingerprint density at radius 2 is 2.05 bits per heavy atom. The van der Waals surface area contributed by atoms with Gasteiger partial charge in [0.25, 0.3) is 5.91 Å². The van der Waals surface area contributed by atoms with Crippen LogP contribution < -0.4 is 11.1 Å². The van der Waals surface area contributed by atoms with Crippen molar-refractivity contribution in [3.8, 4) is 0 Å². The third kappa shape index (κ3) is 4.63. The van der Waals surface area contributed by atoms with Crippen molar-refractivity contribution >= 4 is 17.5 Å². The molecule has 0 aliphatic heterocycles. The Bertz CT molecular complexity index is 552. The molecule has 5 nitrogen and oxygen atoms in total. The molecule has 0 unspecified atom stereocenters. The van der Waals surface area contributed by atoms with Gasteiger partial charge in [0.05, 0.1) is 17.8 Å². The van der Waals surface area contributed by atoms with Gasteiger partial charge in [0.2, 0.25) is 5.91 Å². The average molecular weight is 289 g/mol. The normalized spacial score (nSPS) is 10.0. The van der Waals surface area contributed by atoms with Gasteiger partial charge in [0, 0.05) is 13.1 Å². The van der Waals surface area contributed by atoms with Crippen molar-refractivity contribution in [1.29, 1.82) is 0 Å². The lowest BCUT2D eigenvalue weighted by molar-refractivity contribution is -0.128. The number of benzene rings is 1. The van der Waals surface area contributed by atoms with Crippen LogP contribution in [0.4, 0.5) is 5.69 Å². The second-order valence-corrected chi connectivity index (χ2v) is 5.08. The highest BCUT2D eigenvalue weighted by Gasteiger charge is 2.14. The van der Waals surface area contributed by atoms with Crippen LogP contribution in [-0.2, 0) is 4.79 Å². The number of hydrogen-bond donors (Lipinski definition) is 2. The minimum absolute atomic E-state index is 0.0424. The van der Waals surface area contributed by atoms with E-state index < -0.39 is 5.91 Å². The van der Waals surface area contributed by atoms with Crippen molar-refractivity contribution in [2.45, 2.75) is 20.8 Å². The Balaban J connectivity index is 2.81. The fourth-order valence-electron chi connectivity index (χ4n) is 2.09. The minimum Gasteiger partial charge on any atom is -0.375 e. The van der Waals surface area contributed by atoms with E-state index in [1.54, 1.807) is 17.0 Å². The van der Waals surface area contributed by atoms with Crippen molar-refractivity contribution in [3.05, 3.63) is 41.5 Å². The Morgan fingerprint density at radius 1 is 1.38 bits per heavy atom. The number of nitrogens with zero attached hydrogens (tertiary/aromatic N) is 1. The monoisotopic (exact) mass is 289 g/mol. The summed E-state index contributed by atoms with van der Waals surface area (Å²) in [6.45, 7) is 10.8. The number of para-hydroxylation sites is 1. The van der Waals surface area contributed by atoms with Crippen molar-refractivity contribution in [2.24, 2.45) is 5.73 Å². The zero-order chi connectivity index (χ0) is 16.0. The molecular formula is C16H23N3O2. The highest BCUT2D eigenvalue weighted by atomic mass is 16.2. The number of nitrogens with one attached hydrogen (secondary N) is 1. The summed E-state index contributed by atoms with van der Waals surface area (Å²) >= 11 is 0. The van der Waals surface area contributed by atoms with Crippen LogP contribution in [0, 0.1) is 6.92 Å². The maximum Gasteiger partial charge on any atom is 0.250 e. The summed E-state index contributed by atoms with van der Waals surface area (Å²) in [6, 6.07) is 5.28. The molecule has 3 N–H and O–H groups in total. The van der Waals surface area contributed by atoms with E-state index in [4.69, 9.17) is 5.73 Å². The molecule has 2 amide bonds. The summed E-state index contributed by atoms with van der Waals surface area (Å²) in [7, 11) is 0. The van der Waals surface area contributed by atoms with Crippen LogP contribution in [0.15, 0.2) is 30.4 Å². The second kappa shape index (κ2) is 7.47. The minimum atomic E-state index is -0.511. The number of primary amides is 1. The van der Waals surface area contributed by atoms with Crippen molar-refractivity contribution in [1.82, 2.24) is 4.90 Å². The summed E-state index contributed by atoms with van der Waals surface area (Å²) in [6.07, 6.45) is 0. The standard InChI is InChI=1S/C16H23N3O2/c1-5-19(10-11(2)3)14(20)9-18-15-12(4)7-6-8-13(15)16(17)21/h6-8,18H,2,5,9-10H2,1,3-4H3,(H2,17,21). The number of amides is 2. The summed E-state index contributed by atoms with van der Waals surface area (Å²) in [5.41, 5.74) is 8.17. The molecule has 1 rings (SSSR count). The van der Waals surface area contributed by atoms with Gasteiger partial charge in [-0.2, -0.15) is 0 Å². The third-order valence-electron chi connectivity index (χ3n) is 3.15. The maximum atomic E-state index is 12.2. The number of aryl methyl sites for hydroxylation is 1. The highest BCUT2D eigenvalue weighted by Crippen LogP contribution is 2.19. The van der Waals surface area contributed by atoms with Crippen LogP contribution >= 0.6 is 0 Å². The molecule has 0 spiro atoms. The summed E-state index contributed by atoms with van der Waals surface area (Å²) in [5, 5.41) is 3.03. The molecular weight excluding hydrogens is 266 g/mol. The average Bonchev–Trinajstić information content (AvgIpc) is 2.42. The quantitative estimate of drug-likeness (QED) is 0.753. The van der Waals surface area contributed by atoms with Crippen LogP contribution in [-0.4, -0.2) is 36.3 Å². The van der Waals surface area contributed by atoms with Crippen LogP contribution in [0.1, 0.15) is 29.8 Å². The first kappa shape index (κ1) is 16.8. The predicted molar refractivity (Wildman–Crippen MR) is 85.3 cm³/mol. The Kier molecular flexibility index (Phi) is 5.96. The van der Waals surface area contributed by atoms with E-state index in [-0.39, 0.29) is 12.5 Å². The molecule has 0 bridgehead atoms. The van der Waals surface area contributed by atoms with Crippen LogP contribution in [0.2, 0.25) is 0 Å². The highest BCUT2D eigenvalue weighted by molar-refractivity contribution is 5.99. The number of anilines is 1. The van der Waals surface area contributed by atoms with E-state index in [0.717, 1.165) is 11.1 Å². The maximum absolute atomic E-state index is 12.2. The lowest BCUT2D eigenvalue weighted by atomic mass is 10.1. The van der Waals surface area contributed by atoms with Gasteiger partial charge in [-0.3, -0.25) is 9.59 Å². The summed E-state index contributed by atoms with van der Waals surface area (Å²) < 4.78 is 0. The van der Waals surface area contributed by atoms with Gasteiger partial charge in [-0.05, 0) is 32.4 Å². The number of hydrogen-bond acceptors (Lipinski definition) is 3. The molecule has 5 heteroatoms. The lowest BCUT2D eigenvalue weighted by Gasteiger charge is -2.22. The molecule has 1 aromatic rings. The van der Waals surface area contributed by atoms with Gasteiger partial charge in [0.15, 0.2) is 0 Å². The molecule has 0 aromatic heterocycles. The van der Waals surface area contributed by atoms with E-state index in [1.807, 2.05) is 26.8 Å². The van der Waals surface area contributed by atoms with E-state index in [1.165, 1.54) is 0 Å². The predicted octanol–water partition coefficient (Wildman–Crippen LogP) is 1.93. The molecule has 0 saturated carbocycles. The molecule has 0 fully saturated rings. The van der Waals surface area contributed by atoms with Gasteiger partial charge < -0.3 is 16.0 Å². The lowest BCUT2D eigenvalue weighted by Crippen LogP contribution is -2.36. The number of carbonyl (C=O) groups is 2. The Morgan fingerprint density at radius 3 is 2.57 bits per heavy atom. The molecule has 114 valence electrons. The molecule has 0 aliphatic carbocycles. The van der Waals surface area contributed by atoms with Gasteiger partial charge in [-0.15, -0.1) is 0 Å². The molecule has 0 radical (unpaired) electrons. The number of likely N-dealkylation sites (N-methyl/N-ethyl adjacent to an activating group) is 1. The molecule has 0 atom stereocenters. The number of rotatable bonds is 7. The van der Waals surface area contributed by atoms with Crippen molar-refractivity contribution in [3.63, 3.8) is 0 Å². The summed E-state index contributed by atoms with van der Waals surface area (Å²) in [4.78, 5) is 25.3. The van der Waals surface area contributed by atoms with Gasteiger partial charge >= 0.3 is 0 Å². The van der Waals surface area contributed by atoms with Crippen LogP contribution in [0.3, 0.4) is 0 Å². The SMILES string of the molecule is C=C(C)CN(CC)C(=O)CNc1c(C)cccc1C(N)=O. The first-order valence-corrected chi connectivity index (χ1v) is 6.92. The van der Waals surface area contributed by atoms with E-state index >= 15 is 0 Å². The molecule has 0 aliphatic rings. The van der Waals surface area contributed by atoms with Gasteiger partial charge in [0.1, 0.15) is 0 Å². The zero-order valence-corrected chi connectivity index (χ0v) is 12.9. The topological polar surface area (TPSA) is 75.4 Å². The Hall–Kier alpha value is -2.30. The third-order valence-corrected chi connectivity index (χ3v) is 3.15. The number of carbonyl (C=O) groups excluding carboxylic acids is 2. The molecule has 0 heterocycles. The zero-order valence-electron chi connectivity index (χ0n) is 12.9. The first-order chi connectivity index (χ1) is 9.86. The fraction of sp³-hybridized carbons (Fsp3) is 0.375. The number of nitrogens with two attached hydrogens (primary N) is 1. The van der Waals surface area contributed by atoms with Crippen molar-refractivity contribution < 1.29 is 9.59 Å². The van der Waals surface area contributed by atoms with Gasteiger partial charge in [-0.25, -0.2) is 0 Å². The Labute approximate surface area is 125 Å². The molecule has 1 aromatic carbocycles. The largest absolute Gasteiger partial charge is 0.375 e. The smallest absolute Gasteiger partial charge is 0.250 e. The fourth-order valence-corrected chi connectivity index (χ4v) is 2.09. The first-order valence-electron chi connectivity index (χ1n) is 6.92. The van der Waals surface area contributed by atoms with Crippen LogP contribution in [0.25, 0.3) is 0 Å². The molecule has 21 heavy (non-hydrogen) atoms. The molecule has 0 saturated heterocycles. The van der Waals surface area contributed by atoms with Crippen molar-refractivity contribution in [2.75, 3.05) is 25.0 Å². The summed E-state index contributed by atoms with van der Waals surface area (Å²) in [5.74, 6) is -0.554. The van der Waals surface area contributed by atoms with E-state index in [0.29, 0.717) is 24.3 Å². The van der Waals surface area contributed by atoms with E-state index in [9.17, 15) is 9.59 Å². The van der Waals surface area contributed by atoms with Gasteiger partial charge in [-0.1, -0.05) is 24.3 Å². The van der Waals surface area contributed by atoms with E-state index in [2.05, 4.69) is 11.9 Å². The second-order valence-electron chi connectivity index (χ2n) is 5.08. The van der Waals surface area contributed by atoms with Crippen LogP contribution in [0.5, 0.6) is 0 Å².